The number of aryl methyl sites for hydroxylation is 1. The van der Waals surface area contributed by atoms with E-state index in [9.17, 15) is 9.90 Å². The number of anilines is 1. The molecule has 0 heterocycles. The average molecular weight is 280 g/mol. The van der Waals surface area contributed by atoms with Gasteiger partial charge in [0.15, 0.2) is 0 Å². The van der Waals surface area contributed by atoms with Crippen LogP contribution in [-0.2, 0) is 9.53 Å². The molecule has 1 amide bonds. The molecule has 2 unspecified atom stereocenters. The zero-order valence-corrected chi connectivity index (χ0v) is 12.3. The Hall–Kier alpha value is -1.43. The molecule has 5 heteroatoms. The quantitative estimate of drug-likeness (QED) is 0.671. The van der Waals surface area contributed by atoms with Gasteiger partial charge in [-0.15, -0.1) is 0 Å². The Morgan fingerprint density at radius 1 is 1.35 bits per heavy atom. The lowest BCUT2D eigenvalue weighted by Gasteiger charge is -2.15. The summed E-state index contributed by atoms with van der Waals surface area (Å²) in [4.78, 5) is 11.9. The van der Waals surface area contributed by atoms with Crippen LogP contribution in [0.1, 0.15) is 18.9 Å². The number of nitrogens with one attached hydrogen (secondary N) is 2. The Kier molecular flexibility index (Phi) is 7.22. The largest absolute Gasteiger partial charge is 0.391 e. The van der Waals surface area contributed by atoms with Crippen LogP contribution >= 0.6 is 0 Å². The molecule has 0 saturated heterocycles. The molecule has 1 aromatic rings. The van der Waals surface area contributed by atoms with E-state index in [1.165, 1.54) is 0 Å². The zero-order chi connectivity index (χ0) is 15.0. The Morgan fingerprint density at radius 3 is 2.60 bits per heavy atom. The predicted octanol–water partition coefficient (Wildman–Crippen LogP) is 1.31. The van der Waals surface area contributed by atoms with Crippen molar-refractivity contribution in [1.29, 1.82) is 0 Å². The Morgan fingerprint density at radius 2 is 2.00 bits per heavy atom. The van der Waals surface area contributed by atoms with Crippen LogP contribution in [0.25, 0.3) is 0 Å². The van der Waals surface area contributed by atoms with Crippen molar-refractivity contribution in [2.45, 2.75) is 32.4 Å². The molecule has 1 rings (SSSR count). The average Bonchev–Trinajstić information content (AvgIpc) is 2.41. The van der Waals surface area contributed by atoms with E-state index in [0.717, 1.165) is 11.3 Å². The third kappa shape index (κ3) is 6.14. The summed E-state index contributed by atoms with van der Waals surface area (Å²) in [6, 6.07) is 7.35. The molecule has 0 saturated carbocycles. The Labute approximate surface area is 120 Å². The molecule has 3 N–H and O–H groups in total. The summed E-state index contributed by atoms with van der Waals surface area (Å²) >= 11 is 0. The van der Waals surface area contributed by atoms with E-state index in [0.29, 0.717) is 19.6 Å². The molecule has 0 aromatic heterocycles. The van der Waals surface area contributed by atoms with Gasteiger partial charge in [-0.2, -0.15) is 0 Å². The standard InChI is InChI=1S/C15H24N2O3/c1-11-4-6-13(7-5-11)17-15(19)12(2)16-9-8-14(18)10-20-3/h4-7,12,14,16,18H,8-10H2,1-3H3,(H,17,19). The molecule has 0 aliphatic rings. The van der Waals surface area contributed by atoms with E-state index in [1.807, 2.05) is 31.2 Å². The predicted molar refractivity (Wildman–Crippen MR) is 79.8 cm³/mol. The van der Waals surface area contributed by atoms with Crippen LogP contribution in [0.3, 0.4) is 0 Å². The maximum absolute atomic E-state index is 11.9. The first-order valence-corrected chi connectivity index (χ1v) is 6.81. The van der Waals surface area contributed by atoms with E-state index < -0.39 is 6.10 Å². The molecule has 0 bridgehead atoms. The summed E-state index contributed by atoms with van der Waals surface area (Å²) < 4.78 is 4.84. The second-order valence-corrected chi connectivity index (χ2v) is 4.93. The van der Waals surface area contributed by atoms with Crippen LogP contribution in [0.2, 0.25) is 0 Å². The minimum Gasteiger partial charge on any atom is -0.391 e. The summed E-state index contributed by atoms with van der Waals surface area (Å²) in [6.07, 6.45) is 0.0514. The number of aliphatic hydroxyl groups excluding tert-OH is 1. The van der Waals surface area contributed by atoms with Crippen LogP contribution in [0.4, 0.5) is 5.69 Å². The van der Waals surface area contributed by atoms with Gasteiger partial charge in [0.05, 0.1) is 18.8 Å². The van der Waals surface area contributed by atoms with E-state index in [-0.39, 0.29) is 11.9 Å². The molecule has 0 fully saturated rings. The lowest BCUT2D eigenvalue weighted by molar-refractivity contribution is -0.117. The molecule has 5 nitrogen and oxygen atoms in total. The highest BCUT2D eigenvalue weighted by Gasteiger charge is 2.13. The summed E-state index contributed by atoms with van der Waals surface area (Å²) in [7, 11) is 1.55. The van der Waals surface area contributed by atoms with Crippen molar-refractivity contribution in [3.63, 3.8) is 0 Å². The Bertz CT molecular complexity index is 406. The molecule has 1 aromatic carbocycles. The highest BCUT2D eigenvalue weighted by atomic mass is 16.5. The first-order valence-electron chi connectivity index (χ1n) is 6.81. The number of aliphatic hydroxyl groups is 1. The van der Waals surface area contributed by atoms with Crippen LogP contribution in [0.15, 0.2) is 24.3 Å². The van der Waals surface area contributed by atoms with Crippen molar-refractivity contribution < 1.29 is 14.6 Å². The number of benzene rings is 1. The number of carbonyl (C=O) groups excluding carboxylic acids is 1. The fourth-order valence-electron chi connectivity index (χ4n) is 1.72. The fraction of sp³-hybridized carbons (Fsp3) is 0.533. The lowest BCUT2D eigenvalue weighted by atomic mass is 10.2. The molecule has 0 radical (unpaired) electrons. The van der Waals surface area contributed by atoms with Gasteiger partial charge in [0.2, 0.25) is 5.91 Å². The molecule has 20 heavy (non-hydrogen) atoms. The first-order chi connectivity index (χ1) is 9.52. The Balaban J connectivity index is 2.30. The normalized spacial score (nSPS) is 13.8. The van der Waals surface area contributed by atoms with Crippen LogP contribution in [0.5, 0.6) is 0 Å². The summed E-state index contributed by atoms with van der Waals surface area (Å²) in [6.45, 7) is 4.67. The number of hydrogen-bond donors (Lipinski definition) is 3. The van der Waals surface area contributed by atoms with Gasteiger partial charge in [-0.05, 0) is 38.9 Å². The minimum absolute atomic E-state index is 0.0879. The molecule has 0 aliphatic heterocycles. The smallest absolute Gasteiger partial charge is 0.241 e. The summed E-state index contributed by atoms with van der Waals surface area (Å²) in [5, 5.41) is 15.4. The van der Waals surface area contributed by atoms with Gasteiger partial charge >= 0.3 is 0 Å². The van der Waals surface area contributed by atoms with Gasteiger partial charge in [-0.3, -0.25) is 4.79 Å². The van der Waals surface area contributed by atoms with Crippen molar-refractivity contribution in [2.24, 2.45) is 0 Å². The monoisotopic (exact) mass is 280 g/mol. The van der Waals surface area contributed by atoms with Crippen molar-refractivity contribution >= 4 is 11.6 Å². The maximum Gasteiger partial charge on any atom is 0.241 e. The molecule has 112 valence electrons. The van der Waals surface area contributed by atoms with E-state index >= 15 is 0 Å². The lowest BCUT2D eigenvalue weighted by Crippen LogP contribution is -2.39. The third-order valence-corrected chi connectivity index (χ3v) is 3.00. The van der Waals surface area contributed by atoms with Gasteiger partial charge in [0, 0.05) is 12.8 Å². The van der Waals surface area contributed by atoms with Crippen molar-refractivity contribution in [3.05, 3.63) is 29.8 Å². The molecule has 2 atom stereocenters. The zero-order valence-electron chi connectivity index (χ0n) is 12.3. The molecular formula is C15H24N2O3. The van der Waals surface area contributed by atoms with Crippen LogP contribution < -0.4 is 10.6 Å². The first kappa shape index (κ1) is 16.6. The fourth-order valence-corrected chi connectivity index (χ4v) is 1.72. The number of rotatable bonds is 8. The highest BCUT2D eigenvalue weighted by molar-refractivity contribution is 5.94. The SMILES string of the molecule is COCC(O)CCNC(C)C(=O)Nc1ccc(C)cc1. The molecule has 0 spiro atoms. The topological polar surface area (TPSA) is 70.6 Å². The highest BCUT2D eigenvalue weighted by Crippen LogP contribution is 2.08. The third-order valence-electron chi connectivity index (χ3n) is 3.00. The summed E-state index contributed by atoms with van der Waals surface area (Å²) in [5.41, 5.74) is 1.94. The number of methoxy groups -OCH3 is 1. The van der Waals surface area contributed by atoms with Crippen molar-refractivity contribution in [3.8, 4) is 0 Å². The van der Waals surface area contributed by atoms with Gasteiger partial charge in [0.25, 0.3) is 0 Å². The van der Waals surface area contributed by atoms with E-state index in [2.05, 4.69) is 10.6 Å². The second-order valence-electron chi connectivity index (χ2n) is 4.93. The minimum atomic E-state index is -0.500. The van der Waals surface area contributed by atoms with Gasteiger partial charge in [-0.1, -0.05) is 17.7 Å². The number of ether oxygens (including phenoxy) is 1. The van der Waals surface area contributed by atoms with Crippen molar-refractivity contribution in [1.82, 2.24) is 5.32 Å². The van der Waals surface area contributed by atoms with E-state index in [4.69, 9.17) is 4.74 Å². The number of hydrogen-bond acceptors (Lipinski definition) is 4. The van der Waals surface area contributed by atoms with Crippen molar-refractivity contribution in [2.75, 3.05) is 25.6 Å². The number of amides is 1. The molecular weight excluding hydrogens is 256 g/mol. The van der Waals surface area contributed by atoms with Gasteiger partial charge in [-0.25, -0.2) is 0 Å². The summed E-state index contributed by atoms with van der Waals surface area (Å²) in [5.74, 6) is -0.0879. The second kappa shape index (κ2) is 8.68. The number of carbonyl (C=O) groups is 1. The van der Waals surface area contributed by atoms with E-state index in [1.54, 1.807) is 14.0 Å². The van der Waals surface area contributed by atoms with Gasteiger partial charge < -0.3 is 20.5 Å². The maximum atomic E-state index is 11.9. The van der Waals surface area contributed by atoms with Gasteiger partial charge in [0.1, 0.15) is 0 Å². The van der Waals surface area contributed by atoms with Crippen LogP contribution in [-0.4, -0.2) is 43.4 Å². The molecule has 0 aliphatic carbocycles. The van der Waals surface area contributed by atoms with Crippen LogP contribution in [0, 0.1) is 6.92 Å².